The molecule has 0 aliphatic heterocycles. The second kappa shape index (κ2) is 5.84. The minimum Gasteiger partial charge on any atom is -0.478 e. The van der Waals surface area contributed by atoms with Crippen molar-refractivity contribution in [3.63, 3.8) is 0 Å². The molecule has 1 saturated carbocycles. The second-order valence-corrected chi connectivity index (χ2v) is 4.14. The summed E-state index contributed by atoms with van der Waals surface area (Å²) in [6, 6.07) is 0. The van der Waals surface area contributed by atoms with Crippen molar-refractivity contribution in [2.24, 2.45) is 5.92 Å². The first-order valence-corrected chi connectivity index (χ1v) is 5.67. The van der Waals surface area contributed by atoms with Gasteiger partial charge in [-0.05, 0) is 25.2 Å². The van der Waals surface area contributed by atoms with E-state index in [1.54, 1.807) is 0 Å². The maximum absolute atomic E-state index is 10.7. The standard InChI is InChI=1S/C12H20O2/c1-2-6-11(9-12(13)14)10-7-4-3-5-8-10/h9-10H,2-8H2,1H3,(H,13,14). The Morgan fingerprint density at radius 2 is 2.00 bits per heavy atom. The van der Waals surface area contributed by atoms with Gasteiger partial charge >= 0.3 is 5.97 Å². The molecule has 1 rings (SSSR count). The molecule has 2 nitrogen and oxygen atoms in total. The highest BCUT2D eigenvalue weighted by atomic mass is 16.4. The van der Waals surface area contributed by atoms with E-state index in [-0.39, 0.29) is 0 Å². The summed E-state index contributed by atoms with van der Waals surface area (Å²) in [6.45, 7) is 2.11. The Kier molecular flexibility index (Phi) is 4.71. The summed E-state index contributed by atoms with van der Waals surface area (Å²) in [4.78, 5) is 10.7. The minimum atomic E-state index is -0.779. The zero-order valence-electron chi connectivity index (χ0n) is 8.96. The van der Waals surface area contributed by atoms with E-state index in [0.29, 0.717) is 5.92 Å². The van der Waals surface area contributed by atoms with Crippen LogP contribution in [0.3, 0.4) is 0 Å². The van der Waals surface area contributed by atoms with E-state index in [2.05, 4.69) is 6.92 Å². The highest BCUT2D eigenvalue weighted by Crippen LogP contribution is 2.31. The summed E-state index contributed by atoms with van der Waals surface area (Å²) in [5.41, 5.74) is 1.17. The number of allylic oxidation sites excluding steroid dienone is 1. The lowest BCUT2D eigenvalue weighted by Gasteiger charge is -2.24. The van der Waals surface area contributed by atoms with Gasteiger partial charge in [-0.3, -0.25) is 0 Å². The molecular formula is C12H20O2. The molecule has 0 aromatic heterocycles. The molecule has 0 bridgehead atoms. The topological polar surface area (TPSA) is 37.3 Å². The third-order valence-corrected chi connectivity index (χ3v) is 2.98. The van der Waals surface area contributed by atoms with Crippen LogP contribution in [0.1, 0.15) is 51.9 Å². The lowest BCUT2D eigenvalue weighted by molar-refractivity contribution is -0.131. The van der Waals surface area contributed by atoms with Crippen LogP contribution in [-0.2, 0) is 4.79 Å². The third-order valence-electron chi connectivity index (χ3n) is 2.98. The molecule has 0 amide bonds. The van der Waals surface area contributed by atoms with Crippen LogP contribution in [-0.4, -0.2) is 11.1 Å². The van der Waals surface area contributed by atoms with Gasteiger partial charge in [0.15, 0.2) is 0 Å². The lowest BCUT2D eigenvalue weighted by Crippen LogP contribution is -2.10. The van der Waals surface area contributed by atoms with E-state index in [0.717, 1.165) is 12.8 Å². The van der Waals surface area contributed by atoms with Crippen LogP contribution < -0.4 is 0 Å². The molecule has 0 atom stereocenters. The highest BCUT2D eigenvalue weighted by molar-refractivity contribution is 5.80. The van der Waals surface area contributed by atoms with Crippen LogP contribution in [0.2, 0.25) is 0 Å². The van der Waals surface area contributed by atoms with Gasteiger partial charge in [-0.1, -0.05) is 38.2 Å². The van der Waals surface area contributed by atoms with Gasteiger partial charge in [-0.25, -0.2) is 4.79 Å². The van der Waals surface area contributed by atoms with Crippen LogP contribution in [0.25, 0.3) is 0 Å². The van der Waals surface area contributed by atoms with E-state index in [4.69, 9.17) is 5.11 Å². The normalized spacial score (nSPS) is 19.6. The van der Waals surface area contributed by atoms with Gasteiger partial charge in [-0.15, -0.1) is 0 Å². The van der Waals surface area contributed by atoms with Crippen LogP contribution in [0, 0.1) is 5.92 Å². The number of aliphatic carboxylic acids is 1. The van der Waals surface area contributed by atoms with Crippen molar-refractivity contribution >= 4 is 5.97 Å². The molecule has 2 heteroatoms. The Morgan fingerprint density at radius 3 is 2.50 bits per heavy atom. The largest absolute Gasteiger partial charge is 0.478 e. The fourth-order valence-corrected chi connectivity index (χ4v) is 2.31. The molecule has 1 aliphatic carbocycles. The van der Waals surface area contributed by atoms with Gasteiger partial charge in [0.25, 0.3) is 0 Å². The number of hydrogen-bond donors (Lipinski definition) is 1. The molecule has 0 heterocycles. The Bertz CT molecular complexity index is 212. The molecule has 0 spiro atoms. The molecule has 14 heavy (non-hydrogen) atoms. The first-order chi connectivity index (χ1) is 6.74. The molecule has 1 aliphatic rings. The number of rotatable bonds is 4. The van der Waals surface area contributed by atoms with Crippen LogP contribution in [0.15, 0.2) is 11.6 Å². The van der Waals surface area contributed by atoms with Crippen LogP contribution in [0.4, 0.5) is 0 Å². The van der Waals surface area contributed by atoms with Crippen molar-refractivity contribution in [1.29, 1.82) is 0 Å². The smallest absolute Gasteiger partial charge is 0.328 e. The molecule has 0 aromatic rings. The summed E-state index contributed by atoms with van der Waals surface area (Å²) >= 11 is 0. The predicted octanol–water partition coefficient (Wildman–Crippen LogP) is 3.38. The summed E-state index contributed by atoms with van der Waals surface area (Å²) in [7, 11) is 0. The summed E-state index contributed by atoms with van der Waals surface area (Å²) < 4.78 is 0. The molecule has 0 aromatic carbocycles. The zero-order valence-corrected chi connectivity index (χ0v) is 8.96. The molecule has 1 N–H and O–H groups in total. The molecular weight excluding hydrogens is 176 g/mol. The molecule has 0 saturated heterocycles. The molecule has 0 unspecified atom stereocenters. The maximum atomic E-state index is 10.7. The molecule has 80 valence electrons. The Hall–Kier alpha value is -0.790. The van der Waals surface area contributed by atoms with E-state index in [1.807, 2.05) is 0 Å². The quantitative estimate of drug-likeness (QED) is 0.700. The summed E-state index contributed by atoms with van der Waals surface area (Å²) in [6.07, 6.45) is 9.70. The van der Waals surface area contributed by atoms with E-state index >= 15 is 0 Å². The van der Waals surface area contributed by atoms with Crippen molar-refractivity contribution in [1.82, 2.24) is 0 Å². The van der Waals surface area contributed by atoms with E-state index in [9.17, 15) is 4.79 Å². The van der Waals surface area contributed by atoms with Crippen molar-refractivity contribution < 1.29 is 9.90 Å². The van der Waals surface area contributed by atoms with Gasteiger partial charge in [0.05, 0.1) is 0 Å². The Morgan fingerprint density at radius 1 is 1.36 bits per heavy atom. The minimum absolute atomic E-state index is 0.555. The molecule has 1 fully saturated rings. The van der Waals surface area contributed by atoms with E-state index < -0.39 is 5.97 Å². The van der Waals surface area contributed by atoms with Crippen molar-refractivity contribution in [3.8, 4) is 0 Å². The van der Waals surface area contributed by atoms with Gasteiger partial charge in [0, 0.05) is 6.08 Å². The van der Waals surface area contributed by atoms with Gasteiger partial charge in [0.1, 0.15) is 0 Å². The molecule has 0 radical (unpaired) electrons. The van der Waals surface area contributed by atoms with Crippen LogP contribution >= 0.6 is 0 Å². The Labute approximate surface area is 86.0 Å². The number of carboxylic acids is 1. The third kappa shape index (κ3) is 3.52. The highest BCUT2D eigenvalue weighted by Gasteiger charge is 2.17. The SMILES string of the molecule is CCCC(=CC(=O)O)C1CCCCC1. The summed E-state index contributed by atoms with van der Waals surface area (Å²) in [5, 5.41) is 8.76. The Balaban J connectivity index is 2.60. The number of carbonyl (C=O) groups is 1. The van der Waals surface area contributed by atoms with E-state index in [1.165, 1.54) is 43.8 Å². The second-order valence-electron chi connectivity index (χ2n) is 4.14. The van der Waals surface area contributed by atoms with Crippen molar-refractivity contribution in [2.75, 3.05) is 0 Å². The first kappa shape index (κ1) is 11.3. The zero-order chi connectivity index (χ0) is 10.4. The summed E-state index contributed by atoms with van der Waals surface area (Å²) in [5.74, 6) is -0.223. The average Bonchev–Trinajstić information content (AvgIpc) is 2.18. The van der Waals surface area contributed by atoms with Crippen LogP contribution in [0.5, 0.6) is 0 Å². The number of carboxylic acid groups (broad SMARTS) is 1. The monoisotopic (exact) mass is 196 g/mol. The first-order valence-electron chi connectivity index (χ1n) is 5.67. The number of hydrogen-bond acceptors (Lipinski definition) is 1. The van der Waals surface area contributed by atoms with Gasteiger partial charge < -0.3 is 5.11 Å². The maximum Gasteiger partial charge on any atom is 0.328 e. The fourth-order valence-electron chi connectivity index (χ4n) is 2.31. The fraction of sp³-hybridized carbons (Fsp3) is 0.750. The lowest BCUT2D eigenvalue weighted by atomic mass is 9.82. The van der Waals surface area contributed by atoms with Gasteiger partial charge in [0.2, 0.25) is 0 Å². The van der Waals surface area contributed by atoms with Gasteiger partial charge in [-0.2, -0.15) is 0 Å². The average molecular weight is 196 g/mol. The van der Waals surface area contributed by atoms with Crippen molar-refractivity contribution in [2.45, 2.75) is 51.9 Å². The predicted molar refractivity (Wildman–Crippen MR) is 57.2 cm³/mol. The van der Waals surface area contributed by atoms with Crippen molar-refractivity contribution in [3.05, 3.63) is 11.6 Å².